The van der Waals surface area contributed by atoms with Gasteiger partial charge in [0.05, 0.1) is 19.8 Å². The second-order valence-corrected chi connectivity index (χ2v) is 4.82. The molecule has 4 nitrogen and oxygen atoms in total. The zero-order valence-corrected chi connectivity index (χ0v) is 11.2. The Morgan fingerprint density at radius 1 is 1.44 bits per heavy atom. The first-order valence-electron chi connectivity index (χ1n) is 6.95. The van der Waals surface area contributed by atoms with E-state index >= 15 is 0 Å². The van der Waals surface area contributed by atoms with Crippen LogP contribution in [0.25, 0.3) is 0 Å². The lowest BCUT2D eigenvalue weighted by Gasteiger charge is -2.22. The van der Waals surface area contributed by atoms with Gasteiger partial charge in [0.15, 0.2) is 0 Å². The second-order valence-electron chi connectivity index (χ2n) is 4.82. The summed E-state index contributed by atoms with van der Waals surface area (Å²) < 4.78 is 7.53. The summed E-state index contributed by atoms with van der Waals surface area (Å²) in [6.07, 6.45) is 8.22. The first-order valence-corrected chi connectivity index (χ1v) is 6.95. The van der Waals surface area contributed by atoms with E-state index in [0.717, 1.165) is 13.1 Å². The third-order valence-corrected chi connectivity index (χ3v) is 3.49. The summed E-state index contributed by atoms with van der Waals surface area (Å²) in [7, 11) is 0. The van der Waals surface area contributed by atoms with Crippen molar-refractivity contribution in [2.75, 3.05) is 26.4 Å². The highest BCUT2D eigenvalue weighted by Crippen LogP contribution is 2.30. The van der Waals surface area contributed by atoms with E-state index in [4.69, 9.17) is 9.84 Å². The zero-order chi connectivity index (χ0) is 12.8. The number of aryl methyl sites for hydroxylation is 1. The maximum absolute atomic E-state index is 8.65. The smallest absolute Gasteiger partial charge is 0.0698 e. The molecule has 0 amide bonds. The number of hydrogen-bond acceptors (Lipinski definition) is 3. The lowest BCUT2D eigenvalue weighted by Crippen LogP contribution is -2.23. The Kier molecular flexibility index (Phi) is 5.23. The van der Waals surface area contributed by atoms with Crippen molar-refractivity contribution in [1.29, 1.82) is 0 Å². The van der Waals surface area contributed by atoms with Crippen LogP contribution in [0.4, 0.5) is 0 Å². The minimum absolute atomic E-state index is 0.102. The van der Waals surface area contributed by atoms with Gasteiger partial charge in [-0.2, -0.15) is 0 Å². The van der Waals surface area contributed by atoms with Crippen LogP contribution in [0.1, 0.15) is 36.9 Å². The molecule has 18 heavy (non-hydrogen) atoms. The van der Waals surface area contributed by atoms with E-state index in [2.05, 4.69) is 29.2 Å². The van der Waals surface area contributed by atoms with Crippen molar-refractivity contribution in [2.45, 2.75) is 38.8 Å². The third-order valence-electron chi connectivity index (χ3n) is 3.49. The van der Waals surface area contributed by atoms with Gasteiger partial charge in [0, 0.05) is 25.0 Å². The van der Waals surface area contributed by atoms with Crippen LogP contribution in [0.3, 0.4) is 0 Å². The first-order chi connectivity index (χ1) is 8.85. The number of aromatic nitrogens is 1. The lowest BCUT2D eigenvalue weighted by atomic mass is 9.91. The summed E-state index contributed by atoms with van der Waals surface area (Å²) in [4.78, 5) is 0. The summed E-state index contributed by atoms with van der Waals surface area (Å²) >= 11 is 0. The van der Waals surface area contributed by atoms with Gasteiger partial charge in [-0.05, 0) is 36.9 Å². The first kappa shape index (κ1) is 13.6. The largest absolute Gasteiger partial charge is 0.394 e. The third kappa shape index (κ3) is 3.34. The SMILES string of the molecule is CCNC1CCCc2cn(CCOCCO)cc21. The molecule has 0 saturated carbocycles. The molecular formula is C14H24N2O2. The van der Waals surface area contributed by atoms with E-state index < -0.39 is 0 Å². The van der Waals surface area contributed by atoms with Crippen molar-refractivity contribution >= 4 is 0 Å². The fourth-order valence-electron chi connectivity index (χ4n) is 2.67. The standard InChI is InChI=1S/C14H24N2O2/c1-2-15-14-5-3-4-12-10-16(11-13(12)14)6-8-18-9-7-17/h10-11,14-15,17H,2-9H2,1H3. The quantitative estimate of drug-likeness (QED) is 0.723. The molecule has 1 aromatic rings. The fraction of sp³-hybridized carbons (Fsp3) is 0.714. The molecule has 2 N–H and O–H groups in total. The fourth-order valence-corrected chi connectivity index (χ4v) is 2.67. The number of nitrogens with one attached hydrogen (secondary N) is 1. The maximum Gasteiger partial charge on any atom is 0.0698 e. The van der Waals surface area contributed by atoms with E-state index in [1.54, 1.807) is 0 Å². The zero-order valence-electron chi connectivity index (χ0n) is 11.2. The van der Waals surface area contributed by atoms with Crippen LogP contribution in [-0.4, -0.2) is 36.0 Å². The van der Waals surface area contributed by atoms with Crippen molar-refractivity contribution in [1.82, 2.24) is 9.88 Å². The Balaban J connectivity index is 1.94. The van der Waals surface area contributed by atoms with Crippen molar-refractivity contribution in [2.24, 2.45) is 0 Å². The van der Waals surface area contributed by atoms with Gasteiger partial charge in [0.1, 0.15) is 0 Å². The molecule has 0 fully saturated rings. The Morgan fingerprint density at radius 3 is 3.11 bits per heavy atom. The van der Waals surface area contributed by atoms with E-state index in [9.17, 15) is 0 Å². The number of hydrogen-bond donors (Lipinski definition) is 2. The van der Waals surface area contributed by atoms with Gasteiger partial charge in [-0.15, -0.1) is 0 Å². The van der Waals surface area contributed by atoms with Gasteiger partial charge in [0.2, 0.25) is 0 Å². The van der Waals surface area contributed by atoms with E-state index in [1.165, 1.54) is 30.4 Å². The van der Waals surface area contributed by atoms with Gasteiger partial charge >= 0.3 is 0 Å². The summed E-state index contributed by atoms with van der Waals surface area (Å²) in [6.45, 7) is 5.25. The molecular weight excluding hydrogens is 228 g/mol. The van der Waals surface area contributed by atoms with Gasteiger partial charge < -0.3 is 19.7 Å². The summed E-state index contributed by atoms with van der Waals surface area (Å²) in [6, 6.07) is 0.526. The van der Waals surface area contributed by atoms with Gasteiger partial charge in [0.25, 0.3) is 0 Å². The van der Waals surface area contributed by atoms with Crippen molar-refractivity contribution in [3.8, 4) is 0 Å². The topological polar surface area (TPSA) is 46.4 Å². The van der Waals surface area contributed by atoms with E-state index in [-0.39, 0.29) is 6.61 Å². The molecule has 102 valence electrons. The van der Waals surface area contributed by atoms with Crippen LogP contribution in [0, 0.1) is 0 Å². The van der Waals surface area contributed by atoms with Crippen LogP contribution in [0.15, 0.2) is 12.4 Å². The minimum Gasteiger partial charge on any atom is -0.394 e. The Hall–Kier alpha value is -0.840. The molecule has 0 radical (unpaired) electrons. The molecule has 0 spiro atoms. The van der Waals surface area contributed by atoms with Gasteiger partial charge in [-0.1, -0.05) is 6.92 Å². The van der Waals surface area contributed by atoms with Crippen molar-refractivity contribution < 1.29 is 9.84 Å². The van der Waals surface area contributed by atoms with Gasteiger partial charge in [-0.3, -0.25) is 0 Å². The molecule has 1 atom stereocenters. The highest BCUT2D eigenvalue weighted by molar-refractivity contribution is 5.30. The summed E-state index contributed by atoms with van der Waals surface area (Å²) in [5, 5.41) is 12.2. The van der Waals surface area contributed by atoms with E-state index in [1.807, 2.05) is 0 Å². The predicted molar refractivity (Wildman–Crippen MR) is 71.7 cm³/mol. The van der Waals surface area contributed by atoms with Crippen LogP contribution >= 0.6 is 0 Å². The Bertz CT molecular complexity index is 363. The molecule has 0 aromatic carbocycles. The second kappa shape index (κ2) is 6.92. The molecule has 1 aliphatic carbocycles. The lowest BCUT2D eigenvalue weighted by molar-refractivity contribution is 0.0870. The van der Waals surface area contributed by atoms with Crippen molar-refractivity contribution in [3.05, 3.63) is 23.5 Å². The molecule has 0 saturated heterocycles. The summed E-state index contributed by atoms with van der Waals surface area (Å²) in [5.41, 5.74) is 2.94. The molecule has 1 aliphatic rings. The minimum atomic E-state index is 0.102. The highest BCUT2D eigenvalue weighted by atomic mass is 16.5. The van der Waals surface area contributed by atoms with E-state index in [0.29, 0.717) is 19.3 Å². The molecule has 0 aliphatic heterocycles. The number of nitrogens with zero attached hydrogens (tertiary/aromatic N) is 1. The molecule has 1 heterocycles. The van der Waals surface area contributed by atoms with Gasteiger partial charge in [-0.25, -0.2) is 0 Å². The molecule has 1 aromatic heterocycles. The van der Waals surface area contributed by atoms with Crippen LogP contribution in [0.2, 0.25) is 0 Å². The molecule has 2 rings (SSSR count). The van der Waals surface area contributed by atoms with Crippen LogP contribution < -0.4 is 5.32 Å². The number of aliphatic hydroxyl groups excluding tert-OH is 1. The number of rotatable bonds is 7. The molecule has 0 bridgehead atoms. The highest BCUT2D eigenvalue weighted by Gasteiger charge is 2.20. The number of fused-ring (bicyclic) bond motifs is 1. The average molecular weight is 252 g/mol. The Morgan fingerprint density at radius 2 is 2.33 bits per heavy atom. The number of ether oxygens (including phenoxy) is 1. The van der Waals surface area contributed by atoms with Crippen LogP contribution in [-0.2, 0) is 17.7 Å². The molecule has 1 unspecified atom stereocenters. The number of aliphatic hydroxyl groups is 1. The Labute approximate surface area is 109 Å². The normalized spacial score (nSPS) is 18.9. The maximum atomic E-state index is 8.65. The predicted octanol–water partition coefficient (Wildman–Crippen LogP) is 1.48. The monoisotopic (exact) mass is 252 g/mol. The molecule has 4 heteroatoms. The average Bonchev–Trinajstić information content (AvgIpc) is 2.79. The van der Waals surface area contributed by atoms with Crippen molar-refractivity contribution in [3.63, 3.8) is 0 Å². The van der Waals surface area contributed by atoms with Crippen LogP contribution in [0.5, 0.6) is 0 Å². The summed E-state index contributed by atoms with van der Waals surface area (Å²) in [5.74, 6) is 0.